The largest absolute Gasteiger partial charge is 0.342 e. The van der Waals surface area contributed by atoms with E-state index in [-0.39, 0.29) is 0 Å². The maximum absolute atomic E-state index is 4.77. The van der Waals surface area contributed by atoms with E-state index in [0.717, 1.165) is 10.8 Å². The lowest BCUT2D eigenvalue weighted by Crippen LogP contribution is -2.34. The Kier molecular flexibility index (Phi) is 4.86. The number of rotatable bonds is 5. The van der Waals surface area contributed by atoms with E-state index in [1.807, 2.05) is 11.8 Å². The van der Waals surface area contributed by atoms with Crippen LogP contribution >= 0.6 is 11.8 Å². The van der Waals surface area contributed by atoms with Crippen molar-refractivity contribution >= 4 is 22.8 Å². The van der Waals surface area contributed by atoms with E-state index in [0.29, 0.717) is 5.92 Å². The maximum atomic E-state index is 4.77. The number of aromatic nitrogens is 2. The van der Waals surface area contributed by atoms with Crippen molar-refractivity contribution < 1.29 is 0 Å². The third-order valence-electron chi connectivity index (χ3n) is 4.64. The van der Waals surface area contributed by atoms with Crippen LogP contribution in [0.4, 0.5) is 0 Å². The molecule has 1 atom stereocenters. The summed E-state index contributed by atoms with van der Waals surface area (Å²) < 4.78 is 0. The lowest BCUT2D eigenvalue weighted by Gasteiger charge is -2.31. The monoisotopic (exact) mass is 303 g/mol. The zero-order valence-corrected chi connectivity index (χ0v) is 13.8. The minimum Gasteiger partial charge on any atom is -0.342 e. The summed E-state index contributed by atoms with van der Waals surface area (Å²) in [7, 11) is 0. The molecule has 0 bridgehead atoms. The highest BCUT2D eigenvalue weighted by molar-refractivity contribution is 7.99. The SMILES string of the molecule is CSC(C)CCN1CCC(c2nc3ccccc3[nH]2)CC1. The number of likely N-dealkylation sites (tertiary alicyclic amines) is 1. The zero-order chi connectivity index (χ0) is 14.7. The molecule has 0 aliphatic carbocycles. The topological polar surface area (TPSA) is 31.9 Å². The number of aromatic amines is 1. The molecule has 0 saturated carbocycles. The van der Waals surface area contributed by atoms with Gasteiger partial charge in [-0.1, -0.05) is 19.1 Å². The number of hydrogen-bond acceptors (Lipinski definition) is 3. The summed E-state index contributed by atoms with van der Waals surface area (Å²) in [6.07, 6.45) is 5.97. The average Bonchev–Trinajstić information content (AvgIpc) is 2.97. The second-order valence-corrected chi connectivity index (χ2v) is 7.37. The second-order valence-electron chi connectivity index (χ2n) is 6.09. The van der Waals surface area contributed by atoms with E-state index >= 15 is 0 Å². The Labute approximate surface area is 131 Å². The Morgan fingerprint density at radius 1 is 1.33 bits per heavy atom. The van der Waals surface area contributed by atoms with Crippen LogP contribution in [0.3, 0.4) is 0 Å². The molecule has 1 saturated heterocycles. The van der Waals surface area contributed by atoms with Crippen LogP contribution in [0.2, 0.25) is 0 Å². The molecule has 21 heavy (non-hydrogen) atoms. The van der Waals surface area contributed by atoms with E-state index in [2.05, 4.69) is 47.3 Å². The summed E-state index contributed by atoms with van der Waals surface area (Å²) in [6.45, 7) is 5.99. The minimum absolute atomic E-state index is 0.603. The molecule has 114 valence electrons. The summed E-state index contributed by atoms with van der Waals surface area (Å²) in [6, 6.07) is 8.33. The van der Waals surface area contributed by atoms with Gasteiger partial charge in [0.15, 0.2) is 0 Å². The number of hydrogen-bond donors (Lipinski definition) is 1. The number of imidazole rings is 1. The number of thioether (sulfide) groups is 1. The fourth-order valence-electron chi connectivity index (χ4n) is 3.08. The highest BCUT2D eigenvalue weighted by atomic mass is 32.2. The zero-order valence-electron chi connectivity index (χ0n) is 13.0. The summed E-state index contributed by atoms with van der Waals surface area (Å²) >= 11 is 1.97. The van der Waals surface area contributed by atoms with Gasteiger partial charge in [0.05, 0.1) is 11.0 Å². The smallest absolute Gasteiger partial charge is 0.110 e. The lowest BCUT2D eigenvalue weighted by atomic mass is 9.96. The van der Waals surface area contributed by atoms with E-state index in [1.165, 1.54) is 50.2 Å². The van der Waals surface area contributed by atoms with Crippen LogP contribution in [0.1, 0.15) is 37.9 Å². The first-order chi connectivity index (χ1) is 10.3. The van der Waals surface area contributed by atoms with Crippen LogP contribution in [0.15, 0.2) is 24.3 Å². The van der Waals surface area contributed by atoms with Gasteiger partial charge in [0.1, 0.15) is 5.82 Å². The Morgan fingerprint density at radius 2 is 2.10 bits per heavy atom. The fraction of sp³-hybridized carbons (Fsp3) is 0.588. The van der Waals surface area contributed by atoms with Gasteiger partial charge in [0, 0.05) is 11.2 Å². The standard InChI is InChI=1S/C17H25N3S/c1-13(21-2)7-10-20-11-8-14(9-12-20)17-18-15-5-3-4-6-16(15)19-17/h3-6,13-14H,7-12H2,1-2H3,(H,18,19). The van der Waals surface area contributed by atoms with Crippen molar-refractivity contribution in [2.24, 2.45) is 0 Å². The number of para-hydroxylation sites is 2. The molecule has 2 heterocycles. The predicted molar refractivity (Wildman–Crippen MR) is 92.1 cm³/mol. The van der Waals surface area contributed by atoms with Crippen LogP contribution in [-0.4, -0.2) is 46.0 Å². The van der Waals surface area contributed by atoms with E-state index in [9.17, 15) is 0 Å². The first-order valence-electron chi connectivity index (χ1n) is 7.96. The molecule has 2 aromatic rings. The van der Waals surface area contributed by atoms with Gasteiger partial charge in [-0.05, 0) is 57.3 Å². The number of nitrogens with one attached hydrogen (secondary N) is 1. The Bertz CT molecular complexity index is 539. The van der Waals surface area contributed by atoms with Gasteiger partial charge in [0.25, 0.3) is 0 Å². The van der Waals surface area contributed by atoms with Crippen LogP contribution in [0.5, 0.6) is 0 Å². The third-order valence-corrected chi connectivity index (χ3v) is 5.68. The van der Waals surface area contributed by atoms with Gasteiger partial charge in [0.2, 0.25) is 0 Å². The molecule has 3 nitrogen and oxygen atoms in total. The average molecular weight is 303 g/mol. The van der Waals surface area contributed by atoms with Gasteiger partial charge in [-0.15, -0.1) is 0 Å². The molecule has 4 heteroatoms. The predicted octanol–water partition coefficient (Wildman–Crippen LogP) is 3.88. The lowest BCUT2D eigenvalue weighted by molar-refractivity contribution is 0.208. The van der Waals surface area contributed by atoms with Crippen molar-refractivity contribution in [1.82, 2.24) is 14.9 Å². The van der Waals surface area contributed by atoms with Crippen molar-refractivity contribution in [3.05, 3.63) is 30.1 Å². The number of piperidine rings is 1. The van der Waals surface area contributed by atoms with Crippen molar-refractivity contribution in [1.29, 1.82) is 0 Å². The second kappa shape index (κ2) is 6.84. The Morgan fingerprint density at radius 3 is 2.81 bits per heavy atom. The van der Waals surface area contributed by atoms with Crippen LogP contribution in [0, 0.1) is 0 Å². The Balaban J connectivity index is 1.55. The van der Waals surface area contributed by atoms with E-state index in [4.69, 9.17) is 4.98 Å². The molecule has 1 aliphatic heterocycles. The Hall–Kier alpha value is -1.00. The molecule has 1 unspecified atom stereocenters. The van der Waals surface area contributed by atoms with Gasteiger partial charge in [-0.2, -0.15) is 11.8 Å². The first kappa shape index (κ1) is 14.9. The van der Waals surface area contributed by atoms with Gasteiger partial charge in [-0.25, -0.2) is 4.98 Å². The number of benzene rings is 1. The van der Waals surface area contributed by atoms with Crippen LogP contribution < -0.4 is 0 Å². The van der Waals surface area contributed by atoms with Crippen molar-refractivity contribution in [2.75, 3.05) is 25.9 Å². The fourth-order valence-corrected chi connectivity index (χ4v) is 3.42. The highest BCUT2D eigenvalue weighted by Gasteiger charge is 2.23. The number of nitrogens with zero attached hydrogens (tertiary/aromatic N) is 2. The molecular formula is C17H25N3S. The third kappa shape index (κ3) is 3.61. The summed E-state index contributed by atoms with van der Waals surface area (Å²) in [4.78, 5) is 10.9. The molecule has 1 N–H and O–H groups in total. The molecule has 1 fully saturated rings. The van der Waals surface area contributed by atoms with Gasteiger partial charge in [-0.3, -0.25) is 0 Å². The van der Waals surface area contributed by atoms with Crippen molar-refractivity contribution in [2.45, 2.75) is 37.4 Å². The highest BCUT2D eigenvalue weighted by Crippen LogP contribution is 2.28. The first-order valence-corrected chi connectivity index (χ1v) is 9.25. The summed E-state index contributed by atoms with van der Waals surface area (Å²) in [5.41, 5.74) is 2.27. The summed E-state index contributed by atoms with van der Waals surface area (Å²) in [5.74, 6) is 1.79. The van der Waals surface area contributed by atoms with Gasteiger partial charge >= 0.3 is 0 Å². The minimum atomic E-state index is 0.603. The molecular weight excluding hydrogens is 278 g/mol. The maximum Gasteiger partial charge on any atom is 0.110 e. The quantitative estimate of drug-likeness (QED) is 0.909. The molecule has 0 spiro atoms. The molecule has 1 aromatic heterocycles. The van der Waals surface area contributed by atoms with Gasteiger partial charge < -0.3 is 9.88 Å². The van der Waals surface area contributed by atoms with E-state index < -0.39 is 0 Å². The van der Waals surface area contributed by atoms with Crippen molar-refractivity contribution in [3.8, 4) is 0 Å². The number of H-pyrrole nitrogens is 1. The molecule has 1 aromatic carbocycles. The van der Waals surface area contributed by atoms with Crippen LogP contribution in [0.25, 0.3) is 11.0 Å². The molecule has 3 rings (SSSR count). The summed E-state index contributed by atoms with van der Waals surface area (Å²) in [5, 5.41) is 0.776. The normalized spacial score (nSPS) is 19.1. The van der Waals surface area contributed by atoms with E-state index in [1.54, 1.807) is 0 Å². The van der Waals surface area contributed by atoms with Crippen molar-refractivity contribution in [3.63, 3.8) is 0 Å². The molecule has 1 aliphatic rings. The molecule has 0 radical (unpaired) electrons. The van der Waals surface area contributed by atoms with Crippen LogP contribution in [-0.2, 0) is 0 Å². The number of fused-ring (bicyclic) bond motifs is 1. The molecule has 0 amide bonds.